The van der Waals surface area contributed by atoms with Gasteiger partial charge >= 0.3 is 5.66 Å². The summed E-state index contributed by atoms with van der Waals surface area (Å²) in [5, 5.41) is 2.49. The fraction of sp³-hybridized carbons (Fsp3) is 0.0541. The smallest absolute Gasteiger partial charge is 0.321 e. The summed E-state index contributed by atoms with van der Waals surface area (Å²) < 4.78 is 15.8. The number of para-hydroxylation sites is 2. The van der Waals surface area contributed by atoms with E-state index in [1.54, 1.807) is 0 Å². The summed E-state index contributed by atoms with van der Waals surface area (Å²) in [6, 6.07) is 89.0. The van der Waals surface area contributed by atoms with Gasteiger partial charge in [0.25, 0.3) is 11.5 Å². The second-order valence-corrected chi connectivity index (χ2v) is 23.3. The van der Waals surface area contributed by atoms with Gasteiger partial charge in [-0.25, -0.2) is 0 Å². The molecule has 360 valence electrons. The minimum absolute atomic E-state index is 0.626. The molecule has 0 saturated carbocycles. The zero-order chi connectivity index (χ0) is 50.6. The predicted molar refractivity (Wildman–Crippen MR) is 307 cm³/mol. The molecule has 1 atom stereocenters. The molecule has 0 bridgehead atoms. The van der Waals surface area contributed by atoms with Crippen molar-refractivity contribution in [3.05, 3.63) is 321 Å². The number of pyridine rings is 2. The Morgan fingerprint density at radius 1 is 0.304 bits per heavy atom. The molecule has 5 heteroatoms. The zero-order valence-corrected chi connectivity index (χ0v) is 42.3. The lowest BCUT2D eigenvalue weighted by Gasteiger charge is -2.53. The summed E-state index contributed by atoms with van der Waals surface area (Å²) in [5.74, 6) is 2.93. The lowest BCUT2D eigenvalue weighted by molar-refractivity contribution is -0.959. The van der Waals surface area contributed by atoms with Gasteiger partial charge in [-0.15, -0.1) is 0 Å². The summed E-state index contributed by atoms with van der Waals surface area (Å²) >= 11 is 0. The van der Waals surface area contributed by atoms with E-state index in [1.165, 1.54) is 145 Å². The fourth-order valence-corrected chi connectivity index (χ4v) is 18.6. The maximum atomic E-state index is 7.76. The average molecular weight is 1000 g/mol. The van der Waals surface area contributed by atoms with Crippen LogP contribution < -0.4 is 18.8 Å². The molecule has 13 aromatic rings. The number of hydrogen-bond donors (Lipinski definition) is 0. The molecule has 0 N–H and O–H groups in total. The largest absolute Gasteiger partial charge is 0.456 e. The van der Waals surface area contributed by atoms with Gasteiger partial charge in [-0.3, -0.25) is 0 Å². The number of hydrogen-bond acceptors (Lipinski definition) is 2. The van der Waals surface area contributed by atoms with Gasteiger partial charge < -0.3 is 4.74 Å². The van der Waals surface area contributed by atoms with Crippen molar-refractivity contribution >= 4 is 39.1 Å². The first kappa shape index (κ1) is 39.3. The number of fused-ring (bicyclic) bond motifs is 22. The normalized spacial score (nSPS) is 18.3. The van der Waals surface area contributed by atoms with Crippen LogP contribution in [0.25, 0.3) is 61.0 Å². The van der Waals surface area contributed by atoms with E-state index < -0.39 is 21.9 Å². The molecular weight excluding hydrogens is 961 g/mol. The lowest BCUT2D eigenvalue weighted by atomic mass is 9.58. The highest BCUT2D eigenvalue weighted by atomic mass is 16.5. The SMILES string of the molecule is c1ccc2c(c1)-c1ccccc1C21c2cccc3c2N2c4c1ccc1c4C4(c5c(ccc6c5-n5c7c(cccc7c7ccc[n+]4c75)C64c5ccccc5-c5ccccc54)O1)[n+]1cccc(c12)C31c2ccccc2-c2ccccc21. The van der Waals surface area contributed by atoms with Crippen molar-refractivity contribution in [2.45, 2.75) is 21.9 Å². The number of ether oxygens (including phenoxy) is 1. The number of benzene rings is 10. The van der Waals surface area contributed by atoms with E-state index in [-0.39, 0.29) is 0 Å². The van der Waals surface area contributed by atoms with Crippen molar-refractivity contribution in [2.24, 2.45) is 0 Å². The third-order valence-corrected chi connectivity index (χ3v) is 20.8. The van der Waals surface area contributed by atoms with Gasteiger partial charge in [-0.2, -0.15) is 18.6 Å². The second kappa shape index (κ2) is 12.3. The summed E-state index contributed by atoms with van der Waals surface area (Å²) in [5.41, 5.74) is 28.8. The Morgan fingerprint density at radius 2 is 0.696 bits per heavy atom. The molecular formula is C74H40N4O+2. The van der Waals surface area contributed by atoms with Crippen LogP contribution in [0.4, 0.5) is 17.2 Å². The van der Waals surface area contributed by atoms with Gasteiger partial charge in [0.15, 0.2) is 11.4 Å². The van der Waals surface area contributed by atoms with Crippen LogP contribution in [0.1, 0.15) is 77.9 Å². The topological polar surface area (TPSA) is 25.2 Å². The molecule has 0 radical (unpaired) electrons. The van der Waals surface area contributed by atoms with Crippen LogP contribution in [0.3, 0.4) is 0 Å². The fourth-order valence-electron chi connectivity index (χ4n) is 18.6. The molecule has 0 amide bonds. The lowest BCUT2D eigenvalue weighted by Crippen LogP contribution is -2.79. The summed E-state index contributed by atoms with van der Waals surface area (Å²) in [6.07, 6.45) is 4.81. The molecule has 4 spiro atoms. The Hall–Kier alpha value is -10.1. The van der Waals surface area contributed by atoms with E-state index in [0.717, 1.165) is 22.6 Å². The Balaban J connectivity index is 1.01. The Morgan fingerprint density at radius 3 is 1.25 bits per heavy atom. The van der Waals surface area contributed by atoms with E-state index in [2.05, 4.69) is 262 Å². The average Bonchev–Trinajstić information content (AvgIpc) is 1.91. The maximum absolute atomic E-state index is 7.76. The van der Waals surface area contributed by atoms with Crippen molar-refractivity contribution in [2.75, 3.05) is 4.90 Å². The number of anilines is 3. The molecule has 10 aromatic carbocycles. The molecule has 79 heavy (non-hydrogen) atoms. The molecule has 0 saturated heterocycles. The van der Waals surface area contributed by atoms with E-state index in [4.69, 9.17) is 4.74 Å². The Labute approximate surface area is 453 Å². The minimum Gasteiger partial charge on any atom is -0.456 e. The first-order chi connectivity index (χ1) is 39.2. The van der Waals surface area contributed by atoms with Crippen molar-refractivity contribution in [1.82, 2.24) is 4.57 Å². The van der Waals surface area contributed by atoms with Gasteiger partial charge in [0.2, 0.25) is 0 Å². The Kier molecular flexibility index (Phi) is 6.14. The first-order valence-corrected chi connectivity index (χ1v) is 27.8. The van der Waals surface area contributed by atoms with Crippen LogP contribution >= 0.6 is 0 Å². The van der Waals surface area contributed by atoms with E-state index >= 15 is 0 Å². The van der Waals surface area contributed by atoms with Gasteiger partial charge in [0, 0.05) is 33.2 Å². The number of rotatable bonds is 0. The maximum Gasteiger partial charge on any atom is 0.321 e. The van der Waals surface area contributed by atoms with Crippen molar-refractivity contribution < 1.29 is 13.9 Å². The van der Waals surface area contributed by atoms with Crippen LogP contribution in [-0.2, 0) is 21.9 Å². The van der Waals surface area contributed by atoms with E-state index in [9.17, 15) is 0 Å². The van der Waals surface area contributed by atoms with Gasteiger partial charge in [-0.05, 0) is 121 Å². The quantitative estimate of drug-likeness (QED) is 0.141. The Bertz CT molecular complexity index is 5080. The molecule has 22 rings (SSSR count). The molecule has 0 fully saturated rings. The predicted octanol–water partition coefficient (Wildman–Crippen LogP) is 14.9. The summed E-state index contributed by atoms with van der Waals surface area (Å²) in [4.78, 5) is 2.72. The standard InChI is InChI=1S/C74H40N4O/c1-7-25-49-41(17-1)42-18-2-8-26-50(42)71(49)55-31-13-23-47-48-24-15-39-75-69(48)77(65(47)55)67-58(71)35-37-61-63(67)74(75)64-62(79-61)38-36-59-68(64)78-66-56(72(59)51-27-9-3-19-43(51)44-20-4-10-28-52(44)72)32-14-33-57(66)73(60-34-16-40-76(74)70(60)78)53-29-11-5-21-45(53)46-22-6-12-30-54(46)73/h1-40H/q+2. The molecule has 3 aliphatic carbocycles. The molecule has 9 aliphatic rings. The van der Waals surface area contributed by atoms with Crippen molar-refractivity contribution in [3.63, 3.8) is 0 Å². The van der Waals surface area contributed by atoms with E-state index in [0.29, 0.717) is 0 Å². The highest BCUT2D eigenvalue weighted by molar-refractivity contribution is 6.12. The molecule has 3 aromatic heterocycles. The molecule has 5 nitrogen and oxygen atoms in total. The molecule has 9 heterocycles. The third-order valence-electron chi connectivity index (χ3n) is 20.8. The van der Waals surface area contributed by atoms with Crippen LogP contribution in [0.15, 0.2) is 243 Å². The number of aromatic nitrogens is 3. The van der Waals surface area contributed by atoms with Gasteiger partial charge in [0.1, 0.15) is 33.8 Å². The third kappa shape index (κ3) is 3.61. The summed E-state index contributed by atoms with van der Waals surface area (Å²) in [6.45, 7) is 0. The zero-order valence-electron chi connectivity index (χ0n) is 42.3. The van der Waals surface area contributed by atoms with Crippen molar-refractivity contribution in [1.29, 1.82) is 0 Å². The van der Waals surface area contributed by atoms with Gasteiger partial charge in [0.05, 0.1) is 39.6 Å². The monoisotopic (exact) mass is 1000 g/mol. The number of nitrogens with zero attached hydrogens (tertiary/aromatic N) is 4. The van der Waals surface area contributed by atoms with Crippen LogP contribution in [0.2, 0.25) is 0 Å². The van der Waals surface area contributed by atoms with Crippen LogP contribution in [-0.4, -0.2) is 4.57 Å². The van der Waals surface area contributed by atoms with Crippen molar-refractivity contribution in [3.8, 4) is 50.6 Å². The van der Waals surface area contributed by atoms with E-state index in [1.807, 2.05) is 0 Å². The molecule has 1 unspecified atom stereocenters. The second-order valence-electron chi connectivity index (χ2n) is 23.3. The minimum atomic E-state index is -1.01. The van der Waals surface area contributed by atoms with Crippen LogP contribution in [0, 0.1) is 0 Å². The highest BCUT2D eigenvalue weighted by Crippen LogP contribution is 2.74. The molecule has 6 aliphatic heterocycles. The summed E-state index contributed by atoms with van der Waals surface area (Å²) in [7, 11) is 0. The first-order valence-electron chi connectivity index (χ1n) is 27.8. The van der Waals surface area contributed by atoms with Gasteiger partial charge in [-0.1, -0.05) is 176 Å². The highest BCUT2D eigenvalue weighted by Gasteiger charge is 2.73. The van der Waals surface area contributed by atoms with Crippen LogP contribution in [0.5, 0.6) is 11.5 Å².